The highest BCUT2D eigenvalue weighted by Crippen LogP contribution is 2.23. The summed E-state index contributed by atoms with van der Waals surface area (Å²) in [6.07, 6.45) is 0.297. The number of halogens is 2. The Morgan fingerprint density at radius 3 is 2.59 bits per heavy atom. The molecule has 4 heteroatoms. The second kappa shape index (κ2) is 4.70. The Labute approximate surface area is 100.0 Å². The van der Waals surface area contributed by atoms with E-state index in [9.17, 15) is 8.78 Å². The topological polar surface area (TPSA) is 21.3 Å². The lowest BCUT2D eigenvalue weighted by atomic mass is 9.90. The van der Waals surface area contributed by atoms with Crippen molar-refractivity contribution in [1.29, 1.82) is 0 Å². The van der Waals surface area contributed by atoms with Crippen molar-refractivity contribution < 1.29 is 13.5 Å². The van der Waals surface area contributed by atoms with Crippen LogP contribution in [0.2, 0.25) is 0 Å². The van der Waals surface area contributed by atoms with Crippen LogP contribution in [0.15, 0.2) is 18.2 Å². The third-order valence-corrected chi connectivity index (χ3v) is 3.28. The molecule has 94 valence electrons. The van der Waals surface area contributed by atoms with Crippen molar-refractivity contribution in [2.45, 2.75) is 31.9 Å². The lowest BCUT2D eigenvalue weighted by Gasteiger charge is -2.39. The summed E-state index contributed by atoms with van der Waals surface area (Å²) >= 11 is 0. The van der Waals surface area contributed by atoms with E-state index in [0.29, 0.717) is 19.6 Å². The number of morpholine rings is 1. The molecule has 1 heterocycles. The van der Waals surface area contributed by atoms with Gasteiger partial charge in [-0.25, -0.2) is 8.78 Å². The molecule has 0 aromatic heterocycles. The second-order valence-corrected chi connectivity index (χ2v) is 4.86. The Hall–Kier alpha value is -1.00. The molecule has 2 rings (SSSR count). The highest BCUT2D eigenvalue weighted by Gasteiger charge is 2.34. The molecule has 2 nitrogen and oxygen atoms in total. The molecule has 0 amide bonds. The van der Waals surface area contributed by atoms with Crippen LogP contribution in [-0.2, 0) is 11.2 Å². The quantitative estimate of drug-likeness (QED) is 0.857. The van der Waals surface area contributed by atoms with Crippen LogP contribution in [0.25, 0.3) is 0 Å². The first kappa shape index (κ1) is 12.5. The van der Waals surface area contributed by atoms with Crippen molar-refractivity contribution in [3.8, 4) is 0 Å². The van der Waals surface area contributed by atoms with Gasteiger partial charge in [0.25, 0.3) is 0 Å². The first-order chi connectivity index (χ1) is 8.00. The van der Waals surface area contributed by atoms with Crippen LogP contribution in [-0.4, -0.2) is 24.8 Å². The molecule has 1 aliphatic heterocycles. The van der Waals surface area contributed by atoms with E-state index >= 15 is 0 Å². The standard InChI is InChI=1S/C13H17F2NO/c1-13(2)12(16-6-7-17-13)8-9-10(14)4-3-5-11(9)15/h3-5,12,16H,6-8H2,1-2H3. The lowest BCUT2D eigenvalue weighted by Crippen LogP contribution is -2.55. The van der Waals surface area contributed by atoms with E-state index in [1.807, 2.05) is 13.8 Å². The predicted molar refractivity (Wildman–Crippen MR) is 61.9 cm³/mol. The summed E-state index contributed by atoms with van der Waals surface area (Å²) in [5.74, 6) is -0.985. The minimum atomic E-state index is -0.492. The van der Waals surface area contributed by atoms with Gasteiger partial charge < -0.3 is 10.1 Å². The van der Waals surface area contributed by atoms with Gasteiger partial charge in [0, 0.05) is 18.2 Å². The zero-order valence-electron chi connectivity index (χ0n) is 10.1. The fourth-order valence-electron chi connectivity index (χ4n) is 2.14. The molecule has 0 spiro atoms. The van der Waals surface area contributed by atoms with Crippen LogP contribution in [0.1, 0.15) is 19.4 Å². The molecule has 1 aliphatic rings. The van der Waals surface area contributed by atoms with Gasteiger partial charge >= 0.3 is 0 Å². The van der Waals surface area contributed by atoms with Crippen molar-refractivity contribution >= 4 is 0 Å². The fourth-order valence-corrected chi connectivity index (χ4v) is 2.14. The minimum Gasteiger partial charge on any atom is -0.373 e. The average Bonchev–Trinajstić information content (AvgIpc) is 2.25. The van der Waals surface area contributed by atoms with Crippen LogP contribution < -0.4 is 5.32 Å². The van der Waals surface area contributed by atoms with Gasteiger partial charge in [-0.3, -0.25) is 0 Å². The van der Waals surface area contributed by atoms with E-state index in [1.54, 1.807) is 0 Å². The lowest BCUT2D eigenvalue weighted by molar-refractivity contribution is -0.0709. The monoisotopic (exact) mass is 241 g/mol. The van der Waals surface area contributed by atoms with E-state index < -0.39 is 17.2 Å². The second-order valence-electron chi connectivity index (χ2n) is 4.86. The number of hydrogen-bond donors (Lipinski definition) is 1. The molecule has 0 saturated carbocycles. The molecule has 0 radical (unpaired) electrons. The van der Waals surface area contributed by atoms with E-state index in [2.05, 4.69) is 5.32 Å². The van der Waals surface area contributed by atoms with Gasteiger partial charge in [0.2, 0.25) is 0 Å². The van der Waals surface area contributed by atoms with Gasteiger partial charge in [-0.1, -0.05) is 6.07 Å². The van der Waals surface area contributed by atoms with Gasteiger partial charge in [-0.2, -0.15) is 0 Å². The van der Waals surface area contributed by atoms with E-state index in [1.165, 1.54) is 18.2 Å². The van der Waals surface area contributed by atoms with E-state index in [-0.39, 0.29) is 11.6 Å². The molecule has 1 saturated heterocycles. The van der Waals surface area contributed by atoms with Crippen molar-refractivity contribution in [3.05, 3.63) is 35.4 Å². The maximum Gasteiger partial charge on any atom is 0.129 e. The number of rotatable bonds is 2. The Balaban J connectivity index is 2.20. The summed E-state index contributed by atoms with van der Waals surface area (Å²) in [6.45, 7) is 5.21. The van der Waals surface area contributed by atoms with Crippen molar-refractivity contribution in [2.75, 3.05) is 13.2 Å². The normalized spacial score (nSPS) is 23.6. The van der Waals surface area contributed by atoms with Crippen LogP contribution >= 0.6 is 0 Å². The highest BCUT2D eigenvalue weighted by molar-refractivity contribution is 5.21. The first-order valence-electron chi connectivity index (χ1n) is 5.81. The Bertz CT molecular complexity index is 386. The molecule has 1 aromatic carbocycles. The number of benzene rings is 1. The largest absolute Gasteiger partial charge is 0.373 e. The van der Waals surface area contributed by atoms with Crippen molar-refractivity contribution in [3.63, 3.8) is 0 Å². The molecule has 1 N–H and O–H groups in total. The Morgan fingerprint density at radius 1 is 1.35 bits per heavy atom. The number of nitrogens with one attached hydrogen (secondary N) is 1. The van der Waals surface area contributed by atoms with Gasteiger partial charge in [0.1, 0.15) is 11.6 Å². The zero-order valence-corrected chi connectivity index (χ0v) is 10.1. The maximum atomic E-state index is 13.5. The molecule has 1 fully saturated rings. The summed E-state index contributed by atoms with van der Waals surface area (Å²) in [7, 11) is 0. The van der Waals surface area contributed by atoms with Crippen molar-refractivity contribution in [1.82, 2.24) is 5.32 Å². The molecular weight excluding hydrogens is 224 g/mol. The van der Waals surface area contributed by atoms with Gasteiger partial charge in [-0.05, 0) is 32.4 Å². The van der Waals surface area contributed by atoms with Crippen LogP contribution in [0, 0.1) is 11.6 Å². The minimum absolute atomic E-state index is 0.0809. The molecule has 1 unspecified atom stereocenters. The van der Waals surface area contributed by atoms with Crippen LogP contribution in [0.3, 0.4) is 0 Å². The third-order valence-electron chi connectivity index (χ3n) is 3.28. The maximum absolute atomic E-state index is 13.5. The summed E-state index contributed by atoms with van der Waals surface area (Å²) in [5.41, 5.74) is -0.281. The van der Waals surface area contributed by atoms with Gasteiger partial charge in [0.15, 0.2) is 0 Å². The zero-order chi connectivity index (χ0) is 12.5. The molecule has 0 aliphatic carbocycles. The smallest absolute Gasteiger partial charge is 0.129 e. The third kappa shape index (κ3) is 2.64. The van der Waals surface area contributed by atoms with E-state index in [0.717, 1.165) is 0 Å². The van der Waals surface area contributed by atoms with Gasteiger partial charge in [-0.15, -0.1) is 0 Å². The van der Waals surface area contributed by atoms with E-state index in [4.69, 9.17) is 4.74 Å². The molecule has 17 heavy (non-hydrogen) atoms. The highest BCUT2D eigenvalue weighted by atomic mass is 19.1. The predicted octanol–water partition coefficient (Wildman–Crippen LogP) is 2.27. The summed E-state index contributed by atoms with van der Waals surface area (Å²) in [5, 5.41) is 3.25. The van der Waals surface area contributed by atoms with Crippen LogP contribution in [0.4, 0.5) is 8.78 Å². The summed E-state index contributed by atoms with van der Waals surface area (Å²) < 4.78 is 32.7. The Morgan fingerprint density at radius 2 is 2.00 bits per heavy atom. The molecule has 1 atom stereocenters. The first-order valence-corrected chi connectivity index (χ1v) is 5.81. The number of hydrogen-bond acceptors (Lipinski definition) is 2. The average molecular weight is 241 g/mol. The molecular formula is C13H17F2NO. The summed E-state index contributed by atoms with van der Waals surface area (Å²) in [4.78, 5) is 0. The molecule has 0 bridgehead atoms. The van der Waals surface area contributed by atoms with Crippen molar-refractivity contribution in [2.24, 2.45) is 0 Å². The Kier molecular flexibility index (Phi) is 3.45. The van der Waals surface area contributed by atoms with Crippen LogP contribution in [0.5, 0.6) is 0 Å². The van der Waals surface area contributed by atoms with Gasteiger partial charge in [0.05, 0.1) is 12.2 Å². The SMILES string of the molecule is CC1(C)OCCNC1Cc1c(F)cccc1F. The summed E-state index contributed by atoms with van der Waals surface area (Å²) in [6, 6.07) is 3.87. The fraction of sp³-hybridized carbons (Fsp3) is 0.538. The molecule has 1 aromatic rings. The number of ether oxygens (including phenoxy) is 1.